The number of aliphatic hydroxyl groups is 1. The van der Waals surface area contributed by atoms with Gasteiger partial charge in [0, 0.05) is 33.2 Å². The zero-order chi connectivity index (χ0) is 23.9. The van der Waals surface area contributed by atoms with Crippen molar-refractivity contribution in [2.24, 2.45) is 0 Å². The smallest absolute Gasteiger partial charge is 0.249 e. The minimum Gasteiger partial charge on any atom is -0.471 e. The van der Waals surface area contributed by atoms with E-state index in [0.29, 0.717) is 38.6 Å². The largest absolute Gasteiger partial charge is 0.471 e. The molecule has 5 nitrogen and oxygen atoms in total. The summed E-state index contributed by atoms with van der Waals surface area (Å²) >= 11 is 18.8. The van der Waals surface area contributed by atoms with Crippen molar-refractivity contribution in [3.05, 3.63) is 69.2 Å². The molecule has 2 atom stereocenters. The Morgan fingerprint density at radius 2 is 1.76 bits per heavy atom. The van der Waals surface area contributed by atoms with E-state index < -0.39 is 17.6 Å². The Morgan fingerprint density at radius 3 is 2.39 bits per heavy atom. The van der Waals surface area contributed by atoms with Crippen LogP contribution < -0.4 is 10.1 Å². The number of halogens is 3. The Morgan fingerprint density at radius 1 is 1.09 bits per heavy atom. The molecule has 1 unspecified atom stereocenters. The zero-order valence-corrected chi connectivity index (χ0v) is 20.6. The first-order valence-electron chi connectivity index (χ1n) is 10.5. The van der Waals surface area contributed by atoms with Crippen LogP contribution in [0, 0.1) is 0 Å². The standard InChI is InChI=1S/C25H23Cl3N2O3/c1-13(31)23(32)29-21-12-25(2,3)33-24-19(21)11-18(14-4-6-15(26)7-5-14)22(30-24)17-9-8-16(27)10-20(17)28/h4-11,13,21,31H,12H2,1-3H3,(H,29,32)/t13-,21?/m1/s1. The predicted molar refractivity (Wildman–Crippen MR) is 132 cm³/mol. The van der Waals surface area contributed by atoms with Crippen molar-refractivity contribution in [2.45, 2.75) is 44.9 Å². The first-order chi connectivity index (χ1) is 15.5. The van der Waals surface area contributed by atoms with Gasteiger partial charge >= 0.3 is 0 Å². The van der Waals surface area contributed by atoms with Crippen molar-refractivity contribution < 1.29 is 14.6 Å². The lowest BCUT2D eigenvalue weighted by atomic mass is 9.88. The average molecular weight is 506 g/mol. The summed E-state index contributed by atoms with van der Waals surface area (Å²) < 4.78 is 6.21. The lowest BCUT2D eigenvalue weighted by Crippen LogP contribution is -2.44. The number of fused-ring (bicyclic) bond motifs is 1. The highest BCUT2D eigenvalue weighted by Crippen LogP contribution is 2.44. The highest BCUT2D eigenvalue weighted by molar-refractivity contribution is 6.36. The number of nitrogens with zero attached hydrogens (tertiary/aromatic N) is 1. The SMILES string of the molecule is C[C@@H](O)C(=O)NC1CC(C)(C)Oc2nc(-c3ccc(Cl)cc3Cl)c(-c3ccc(Cl)cc3)cc21. The van der Waals surface area contributed by atoms with Gasteiger partial charge in [-0.1, -0.05) is 46.9 Å². The molecule has 1 amide bonds. The molecule has 2 aromatic carbocycles. The molecule has 1 aliphatic heterocycles. The van der Waals surface area contributed by atoms with Crippen LogP contribution in [0.3, 0.4) is 0 Å². The summed E-state index contributed by atoms with van der Waals surface area (Å²) in [7, 11) is 0. The minimum absolute atomic E-state index is 0.390. The summed E-state index contributed by atoms with van der Waals surface area (Å²) in [6.07, 6.45) is -0.614. The third-order valence-electron chi connectivity index (χ3n) is 5.50. The molecule has 0 aliphatic carbocycles. The van der Waals surface area contributed by atoms with E-state index in [4.69, 9.17) is 44.5 Å². The molecule has 0 spiro atoms. The Balaban J connectivity index is 1.94. The maximum absolute atomic E-state index is 12.3. The number of ether oxygens (including phenoxy) is 1. The van der Waals surface area contributed by atoms with Crippen LogP contribution in [0.2, 0.25) is 15.1 Å². The summed E-state index contributed by atoms with van der Waals surface area (Å²) in [5, 5.41) is 14.3. The summed E-state index contributed by atoms with van der Waals surface area (Å²) in [6.45, 7) is 5.30. The third kappa shape index (κ3) is 5.12. The molecule has 0 radical (unpaired) electrons. The molecule has 0 bridgehead atoms. The number of aromatic nitrogens is 1. The monoisotopic (exact) mass is 504 g/mol. The van der Waals surface area contributed by atoms with E-state index in [1.54, 1.807) is 24.3 Å². The molecular formula is C25H23Cl3N2O3. The molecule has 0 saturated heterocycles. The van der Waals surface area contributed by atoms with Crippen molar-refractivity contribution in [3.8, 4) is 28.3 Å². The zero-order valence-electron chi connectivity index (χ0n) is 18.3. The number of hydrogen-bond acceptors (Lipinski definition) is 4. The fraction of sp³-hybridized carbons (Fsp3) is 0.280. The van der Waals surface area contributed by atoms with E-state index in [0.717, 1.165) is 16.7 Å². The Hall–Kier alpha value is -2.31. The van der Waals surface area contributed by atoms with Crippen LogP contribution in [-0.2, 0) is 4.79 Å². The van der Waals surface area contributed by atoms with E-state index >= 15 is 0 Å². The lowest BCUT2D eigenvalue weighted by molar-refractivity contribution is -0.129. The fourth-order valence-corrected chi connectivity index (χ4v) is 4.53. The number of amides is 1. The van der Waals surface area contributed by atoms with Gasteiger partial charge in [0.25, 0.3) is 0 Å². The minimum atomic E-state index is -1.13. The third-order valence-corrected chi connectivity index (χ3v) is 6.30. The van der Waals surface area contributed by atoms with Crippen molar-refractivity contribution >= 4 is 40.7 Å². The van der Waals surface area contributed by atoms with Gasteiger partial charge in [-0.2, -0.15) is 0 Å². The number of carbonyl (C=O) groups is 1. The highest BCUT2D eigenvalue weighted by atomic mass is 35.5. The first kappa shape index (κ1) is 23.8. The molecule has 172 valence electrons. The van der Waals surface area contributed by atoms with Crippen molar-refractivity contribution in [3.63, 3.8) is 0 Å². The number of rotatable bonds is 4. The summed E-state index contributed by atoms with van der Waals surface area (Å²) in [4.78, 5) is 17.2. The number of hydrogen-bond donors (Lipinski definition) is 2. The molecule has 4 rings (SSSR count). The Labute approximate surface area is 207 Å². The van der Waals surface area contributed by atoms with Crippen LogP contribution in [0.1, 0.15) is 38.8 Å². The van der Waals surface area contributed by atoms with Gasteiger partial charge < -0.3 is 15.2 Å². The number of carbonyl (C=O) groups excluding carboxylic acids is 1. The summed E-state index contributed by atoms with van der Waals surface area (Å²) in [5.74, 6) is -0.0533. The maximum Gasteiger partial charge on any atom is 0.249 e. The molecular weight excluding hydrogens is 483 g/mol. The van der Waals surface area contributed by atoms with E-state index in [1.165, 1.54) is 6.92 Å². The van der Waals surface area contributed by atoms with Crippen LogP contribution in [0.4, 0.5) is 0 Å². The number of nitrogens with one attached hydrogen (secondary N) is 1. The second-order valence-electron chi connectivity index (χ2n) is 8.71. The Kier molecular flexibility index (Phi) is 6.61. The normalized spacial score (nSPS) is 17.6. The molecule has 2 heterocycles. The quantitative estimate of drug-likeness (QED) is 0.426. The molecule has 0 saturated carbocycles. The summed E-state index contributed by atoms with van der Waals surface area (Å²) in [6, 6.07) is 14.2. The second kappa shape index (κ2) is 9.15. The molecule has 33 heavy (non-hydrogen) atoms. The van der Waals surface area contributed by atoms with Crippen LogP contribution in [0.25, 0.3) is 22.4 Å². The fourth-order valence-electron chi connectivity index (χ4n) is 3.91. The number of pyridine rings is 1. The van der Waals surface area contributed by atoms with Crippen molar-refractivity contribution in [1.29, 1.82) is 0 Å². The van der Waals surface area contributed by atoms with Crippen molar-refractivity contribution in [1.82, 2.24) is 10.3 Å². The van der Waals surface area contributed by atoms with E-state index in [2.05, 4.69) is 5.32 Å². The van der Waals surface area contributed by atoms with Crippen LogP contribution >= 0.6 is 34.8 Å². The topological polar surface area (TPSA) is 71.5 Å². The van der Waals surface area contributed by atoms with Gasteiger partial charge in [-0.15, -0.1) is 0 Å². The van der Waals surface area contributed by atoms with Gasteiger partial charge in [-0.05, 0) is 62.7 Å². The van der Waals surface area contributed by atoms with Crippen LogP contribution in [-0.4, -0.2) is 27.7 Å². The number of aliphatic hydroxyl groups excluding tert-OH is 1. The van der Waals surface area contributed by atoms with Gasteiger partial charge in [0.15, 0.2) is 0 Å². The van der Waals surface area contributed by atoms with Gasteiger partial charge in [0.2, 0.25) is 11.8 Å². The average Bonchev–Trinajstić information content (AvgIpc) is 2.73. The number of benzene rings is 2. The second-order valence-corrected chi connectivity index (χ2v) is 9.99. The first-order valence-corrected chi connectivity index (χ1v) is 11.6. The predicted octanol–water partition coefficient (Wildman–Crippen LogP) is 6.48. The Bertz CT molecular complexity index is 1210. The van der Waals surface area contributed by atoms with E-state index in [1.807, 2.05) is 38.1 Å². The highest BCUT2D eigenvalue weighted by Gasteiger charge is 2.37. The maximum atomic E-state index is 12.3. The summed E-state index contributed by atoms with van der Waals surface area (Å²) in [5.41, 5.74) is 3.14. The van der Waals surface area contributed by atoms with Gasteiger partial charge in [-0.3, -0.25) is 4.79 Å². The van der Waals surface area contributed by atoms with Crippen LogP contribution in [0.15, 0.2) is 48.5 Å². The molecule has 2 N–H and O–H groups in total. The van der Waals surface area contributed by atoms with Crippen LogP contribution in [0.5, 0.6) is 5.88 Å². The molecule has 1 aliphatic rings. The van der Waals surface area contributed by atoms with E-state index in [9.17, 15) is 9.90 Å². The molecule has 3 aromatic rings. The molecule has 1 aromatic heterocycles. The van der Waals surface area contributed by atoms with E-state index in [-0.39, 0.29) is 6.04 Å². The van der Waals surface area contributed by atoms with Gasteiger partial charge in [0.1, 0.15) is 11.7 Å². The lowest BCUT2D eigenvalue weighted by Gasteiger charge is -2.37. The van der Waals surface area contributed by atoms with Gasteiger partial charge in [-0.25, -0.2) is 4.98 Å². The molecule has 0 fully saturated rings. The van der Waals surface area contributed by atoms with Crippen molar-refractivity contribution in [2.75, 3.05) is 0 Å². The molecule has 8 heteroatoms. The van der Waals surface area contributed by atoms with Gasteiger partial charge in [0.05, 0.1) is 16.8 Å².